The molecule has 0 bridgehead atoms. The zero-order chi connectivity index (χ0) is 23.6. The maximum absolute atomic E-state index is 13.4. The molecule has 2 aliphatic rings. The summed E-state index contributed by atoms with van der Waals surface area (Å²) in [5.41, 5.74) is 0.0691. The minimum atomic E-state index is -4.61. The minimum Gasteiger partial charge on any atom is -0.351 e. The zero-order valence-corrected chi connectivity index (χ0v) is 18.9. The van der Waals surface area contributed by atoms with Gasteiger partial charge in [0.2, 0.25) is 0 Å². The molecule has 2 fully saturated rings. The molecule has 1 aromatic carbocycles. The average Bonchev–Trinajstić information content (AvgIpc) is 3.62. The lowest BCUT2D eigenvalue weighted by Gasteiger charge is -2.28. The quantitative estimate of drug-likeness (QED) is 0.466. The molecule has 0 saturated heterocycles. The van der Waals surface area contributed by atoms with E-state index in [1.54, 1.807) is 12.3 Å². The number of alkyl halides is 3. The predicted octanol–water partition coefficient (Wildman–Crippen LogP) is 6.44. The number of amides is 1. The van der Waals surface area contributed by atoms with Crippen LogP contribution >= 0.6 is 11.6 Å². The number of hydrogen-bond donors (Lipinski definition) is 1. The Labute approximate surface area is 195 Å². The van der Waals surface area contributed by atoms with E-state index in [0.717, 1.165) is 36.1 Å². The summed E-state index contributed by atoms with van der Waals surface area (Å²) in [6.07, 6.45) is 2.93. The first-order valence-electron chi connectivity index (χ1n) is 11.4. The van der Waals surface area contributed by atoms with E-state index < -0.39 is 23.4 Å². The van der Waals surface area contributed by atoms with Crippen LogP contribution in [0.5, 0.6) is 0 Å². The number of ketones is 1. The Morgan fingerprint density at radius 3 is 2.36 bits per heavy atom. The molecule has 1 aromatic heterocycles. The average molecular weight is 479 g/mol. The van der Waals surface area contributed by atoms with Crippen molar-refractivity contribution >= 4 is 23.3 Å². The highest BCUT2D eigenvalue weighted by molar-refractivity contribution is 6.31. The maximum atomic E-state index is 13.4. The Morgan fingerprint density at radius 1 is 1.03 bits per heavy atom. The zero-order valence-electron chi connectivity index (χ0n) is 18.1. The highest BCUT2D eigenvalue weighted by Gasteiger charge is 2.37. The highest BCUT2D eigenvalue weighted by atomic mass is 35.5. The van der Waals surface area contributed by atoms with Crippen LogP contribution in [0.2, 0.25) is 5.02 Å². The second-order valence-electron chi connectivity index (χ2n) is 9.07. The predicted molar refractivity (Wildman–Crippen MR) is 119 cm³/mol. The topological polar surface area (TPSA) is 59.1 Å². The van der Waals surface area contributed by atoms with Crippen molar-refractivity contribution in [2.45, 2.75) is 57.0 Å². The first-order valence-corrected chi connectivity index (χ1v) is 11.7. The molecule has 1 amide bonds. The third-order valence-electron chi connectivity index (χ3n) is 6.68. The first kappa shape index (κ1) is 23.7. The van der Waals surface area contributed by atoms with Gasteiger partial charge < -0.3 is 5.32 Å². The van der Waals surface area contributed by atoms with E-state index in [4.69, 9.17) is 11.6 Å². The number of aromatic nitrogens is 1. The number of Topliss-reactive ketones (excluding diaryl/α,β-unsaturated/α-hetero) is 1. The fourth-order valence-electron chi connectivity index (χ4n) is 4.54. The second kappa shape index (κ2) is 9.84. The molecule has 33 heavy (non-hydrogen) atoms. The SMILES string of the molecule is O=C(NCCC1CC1)c1ccc(C2CCC(C(=O)c3cc(Cl)ccc3C(F)(F)F)CC2)cn1. The number of rotatable bonds is 7. The lowest BCUT2D eigenvalue weighted by Crippen LogP contribution is -2.26. The number of nitrogens with one attached hydrogen (secondary N) is 1. The fourth-order valence-corrected chi connectivity index (χ4v) is 4.72. The van der Waals surface area contributed by atoms with E-state index in [9.17, 15) is 22.8 Å². The van der Waals surface area contributed by atoms with Gasteiger partial charge >= 0.3 is 6.18 Å². The maximum Gasteiger partial charge on any atom is 0.417 e. The van der Waals surface area contributed by atoms with Crippen molar-refractivity contribution in [2.75, 3.05) is 6.54 Å². The van der Waals surface area contributed by atoms with E-state index >= 15 is 0 Å². The van der Waals surface area contributed by atoms with Gasteiger partial charge in [-0.15, -0.1) is 0 Å². The Bertz CT molecular complexity index is 1010. The third-order valence-corrected chi connectivity index (χ3v) is 6.91. The van der Waals surface area contributed by atoms with Crippen molar-refractivity contribution in [3.63, 3.8) is 0 Å². The summed E-state index contributed by atoms with van der Waals surface area (Å²) in [4.78, 5) is 29.4. The second-order valence-corrected chi connectivity index (χ2v) is 9.50. The van der Waals surface area contributed by atoms with Gasteiger partial charge in [-0.25, -0.2) is 0 Å². The van der Waals surface area contributed by atoms with Gasteiger partial charge in [-0.3, -0.25) is 14.6 Å². The summed E-state index contributed by atoms with van der Waals surface area (Å²) in [5.74, 6) is -0.236. The van der Waals surface area contributed by atoms with Crippen molar-refractivity contribution in [2.24, 2.45) is 11.8 Å². The molecule has 2 aromatic rings. The summed E-state index contributed by atoms with van der Waals surface area (Å²) >= 11 is 5.88. The Hall–Kier alpha value is -2.41. The number of halogens is 4. The summed E-state index contributed by atoms with van der Waals surface area (Å²) < 4.78 is 40.1. The number of hydrogen-bond acceptors (Lipinski definition) is 3. The Kier molecular flexibility index (Phi) is 7.07. The molecule has 0 spiro atoms. The molecule has 4 rings (SSSR count). The molecule has 8 heteroatoms. The van der Waals surface area contributed by atoms with E-state index in [1.165, 1.54) is 12.8 Å². The number of nitrogens with zero attached hydrogens (tertiary/aromatic N) is 1. The normalized spacial score (nSPS) is 21.0. The van der Waals surface area contributed by atoms with Crippen LogP contribution in [0.4, 0.5) is 13.2 Å². The minimum absolute atomic E-state index is 0.114. The van der Waals surface area contributed by atoms with Crippen LogP contribution in [0.3, 0.4) is 0 Å². The van der Waals surface area contributed by atoms with Crippen LogP contribution in [-0.4, -0.2) is 23.2 Å². The number of carbonyl (C=O) groups is 2. The number of pyridine rings is 1. The Morgan fingerprint density at radius 2 is 1.76 bits per heavy atom. The van der Waals surface area contributed by atoms with Gasteiger partial charge in [-0.2, -0.15) is 13.2 Å². The largest absolute Gasteiger partial charge is 0.417 e. The molecule has 0 unspecified atom stereocenters. The van der Waals surface area contributed by atoms with Gasteiger partial charge in [-0.05, 0) is 73.8 Å². The number of carbonyl (C=O) groups excluding carboxylic acids is 2. The van der Waals surface area contributed by atoms with E-state index in [2.05, 4.69) is 10.3 Å². The number of benzene rings is 1. The standard InChI is InChI=1S/C25H26ClF3N2O2/c26-19-8-9-21(25(27,28)29)20(13-19)23(32)17-5-3-16(4-6-17)18-7-10-22(31-14-18)24(33)30-12-11-15-1-2-15/h7-10,13-17H,1-6,11-12H2,(H,30,33). The van der Waals surface area contributed by atoms with Crippen LogP contribution < -0.4 is 5.32 Å². The van der Waals surface area contributed by atoms with Gasteiger partial charge in [0.05, 0.1) is 5.56 Å². The molecule has 1 N–H and O–H groups in total. The van der Waals surface area contributed by atoms with Gasteiger partial charge in [0, 0.05) is 29.2 Å². The Balaban J connectivity index is 1.34. The van der Waals surface area contributed by atoms with Crippen LogP contribution in [0.1, 0.15) is 82.8 Å². The fraction of sp³-hybridized carbons (Fsp3) is 0.480. The molecule has 1 heterocycles. The van der Waals surface area contributed by atoms with Crippen molar-refractivity contribution < 1.29 is 22.8 Å². The monoisotopic (exact) mass is 478 g/mol. The summed E-state index contributed by atoms with van der Waals surface area (Å²) in [6.45, 7) is 0.660. The lowest BCUT2D eigenvalue weighted by atomic mass is 9.76. The van der Waals surface area contributed by atoms with Gasteiger partial charge in [-0.1, -0.05) is 30.5 Å². The molecular weight excluding hydrogens is 453 g/mol. The lowest BCUT2D eigenvalue weighted by molar-refractivity contribution is -0.137. The smallest absolute Gasteiger partial charge is 0.351 e. The molecule has 0 aliphatic heterocycles. The van der Waals surface area contributed by atoms with Crippen LogP contribution in [0.15, 0.2) is 36.5 Å². The van der Waals surface area contributed by atoms with Gasteiger partial charge in [0.25, 0.3) is 5.91 Å². The van der Waals surface area contributed by atoms with Crippen LogP contribution in [-0.2, 0) is 6.18 Å². The summed E-state index contributed by atoms with van der Waals surface area (Å²) in [7, 11) is 0. The van der Waals surface area contributed by atoms with Crippen molar-refractivity contribution in [1.82, 2.24) is 10.3 Å². The molecular formula is C25H26ClF3N2O2. The van der Waals surface area contributed by atoms with Gasteiger partial charge in [0.15, 0.2) is 5.78 Å². The van der Waals surface area contributed by atoms with E-state index in [1.807, 2.05) is 6.07 Å². The highest BCUT2D eigenvalue weighted by Crippen LogP contribution is 2.40. The molecule has 4 nitrogen and oxygen atoms in total. The van der Waals surface area contributed by atoms with Crippen molar-refractivity contribution in [3.05, 3.63) is 63.9 Å². The van der Waals surface area contributed by atoms with E-state index in [-0.39, 0.29) is 22.4 Å². The third kappa shape index (κ3) is 5.94. The first-order chi connectivity index (χ1) is 15.7. The molecule has 2 aliphatic carbocycles. The van der Waals surface area contributed by atoms with Crippen molar-refractivity contribution in [3.8, 4) is 0 Å². The van der Waals surface area contributed by atoms with E-state index in [0.29, 0.717) is 37.9 Å². The molecule has 0 atom stereocenters. The molecule has 2 saturated carbocycles. The van der Waals surface area contributed by atoms with Gasteiger partial charge in [0.1, 0.15) is 5.69 Å². The van der Waals surface area contributed by atoms with Crippen LogP contribution in [0.25, 0.3) is 0 Å². The molecule has 176 valence electrons. The summed E-state index contributed by atoms with van der Waals surface area (Å²) in [5, 5.41) is 3.01. The molecule has 0 radical (unpaired) electrons. The van der Waals surface area contributed by atoms with Crippen molar-refractivity contribution in [1.29, 1.82) is 0 Å². The van der Waals surface area contributed by atoms with Crippen LogP contribution in [0, 0.1) is 11.8 Å². The summed E-state index contributed by atoms with van der Waals surface area (Å²) in [6, 6.07) is 6.74.